The van der Waals surface area contributed by atoms with Gasteiger partial charge in [0.2, 0.25) is 5.91 Å². The number of alkyl halides is 1. The molecule has 3 nitrogen and oxygen atoms in total. The average molecular weight is 391 g/mol. The highest BCUT2D eigenvalue weighted by Gasteiger charge is 2.29. The summed E-state index contributed by atoms with van der Waals surface area (Å²) in [5, 5.41) is 8.77. The molecule has 2 rings (SSSR count). The van der Waals surface area contributed by atoms with Crippen molar-refractivity contribution in [3.8, 4) is 6.07 Å². The molecule has 0 bridgehead atoms. The first-order chi connectivity index (χ1) is 7.61. The zero-order chi connectivity index (χ0) is 11.7. The van der Waals surface area contributed by atoms with Crippen molar-refractivity contribution in [3.05, 3.63) is 27.3 Å². The first-order valence-corrected chi connectivity index (χ1v) is 6.75. The Kier molecular flexibility index (Phi) is 3.50. The fourth-order valence-corrected chi connectivity index (χ4v) is 3.07. The van der Waals surface area contributed by atoms with E-state index in [0.717, 1.165) is 9.26 Å². The van der Waals surface area contributed by atoms with Gasteiger partial charge in [-0.3, -0.25) is 4.79 Å². The van der Waals surface area contributed by atoms with Crippen LogP contribution in [-0.2, 0) is 4.79 Å². The molecule has 1 atom stereocenters. The van der Waals surface area contributed by atoms with E-state index in [0.29, 0.717) is 18.5 Å². The van der Waals surface area contributed by atoms with E-state index in [-0.39, 0.29) is 10.7 Å². The molecule has 0 N–H and O–H groups in total. The van der Waals surface area contributed by atoms with Gasteiger partial charge in [-0.1, -0.05) is 15.9 Å². The Labute approximate surface area is 116 Å². The van der Waals surface area contributed by atoms with Crippen LogP contribution in [-0.4, -0.2) is 17.3 Å². The standard InChI is InChI=1S/C11H8BrIN2O/c12-8-4-11(16)15(6-8)10-2-1-7(5-14)3-9(10)13/h1-3,8H,4,6H2. The molecule has 82 valence electrons. The first kappa shape index (κ1) is 11.9. The summed E-state index contributed by atoms with van der Waals surface area (Å²) in [7, 11) is 0. The zero-order valence-corrected chi connectivity index (χ0v) is 12.0. The molecule has 0 spiro atoms. The van der Waals surface area contributed by atoms with Crippen LogP contribution in [0.4, 0.5) is 5.69 Å². The molecule has 1 fully saturated rings. The normalized spacial score (nSPS) is 19.9. The van der Waals surface area contributed by atoms with Gasteiger partial charge < -0.3 is 4.90 Å². The second kappa shape index (κ2) is 4.72. The number of benzene rings is 1. The van der Waals surface area contributed by atoms with Crippen molar-refractivity contribution in [2.75, 3.05) is 11.4 Å². The molecule has 0 aliphatic carbocycles. The number of rotatable bonds is 1. The Hall–Kier alpha value is -0.610. The lowest BCUT2D eigenvalue weighted by Crippen LogP contribution is -2.25. The summed E-state index contributed by atoms with van der Waals surface area (Å²) in [6.45, 7) is 0.695. The largest absolute Gasteiger partial charge is 0.310 e. The summed E-state index contributed by atoms with van der Waals surface area (Å²) in [4.78, 5) is 13.7. The first-order valence-electron chi connectivity index (χ1n) is 4.76. The van der Waals surface area contributed by atoms with Crippen molar-refractivity contribution in [1.29, 1.82) is 5.26 Å². The van der Waals surface area contributed by atoms with Gasteiger partial charge in [0.15, 0.2) is 0 Å². The molecule has 1 saturated heterocycles. The molecule has 0 saturated carbocycles. The number of nitrogens with zero attached hydrogens (tertiary/aromatic N) is 2. The molecule has 1 aromatic rings. The Morgan fingerprint density at radius 1 is 1.56 bits per heavy atom. The Balaban J connectivity index is 2.35. The monoisotopic (exact) mass is 390 g/mol. The summed E-state index contributed by atoms with van der Waals surface area (Å²) in [5.74, 6) is 0.129. The smallest absolute Gasteiger partial charge is 0.228 e. The molecule has 1 amide bonds. The van der Waals surface area contributed by atoms with Gasteiger partial charge in [0.25, 0.3) is 0 Å². The molecule has 5 heteroatoms. The summed E-state index contributed by atoms with van der Waals surface area (Å²) in [6, 6.07) is 7.46. The number of nitriles is 1. The van der Waals surface area contributed by atoms with E-state index in [1.54, 1.807) is 17.0 Å². The molecule has 1 unspecified atom stereocenters. The topological polar surface area (TPSA) is 44.1 Å². The molecule has 1 aliphatic heterocycles. The van der Waals surface area contributed by atoms with E-state index < -0.39 is 0 Å². The highest BCUT2D eigenvalue weighted by molar-refractivity contribution is 14.1. The van der Waals surface area contributed by atoms with Crippen molar-refractivity contribution >= 4 is 50.1 Å². The zero-order valence-electron chi connectivity index (χ0n) is 8.28. The average Bonchev–Trinajstić information content (AvgIpc) is 2.57. The maximum absolute atomic E-state index is 11.7. The number of hydrogen-bond donors (Lipinski definition) is 0. The molecule has 1 aromatic carbocycles. The van der Waals surface area contributed by atoms with Crippen molar-refractivity contribution in [3.63, 3.8) is 0 Å². The van der Waals surface area contributed by atoms with Crippen LogP contribution in [0.2, 0.25) is 0 Å². The van der Waals surface area contributed by atoms with Crippen LogP contribution in [0.1, 0.15) is 12.0 Å². The summed E-state index contributed by atoms with van der Waals surface area (Å²) in [6.07, 6.45) is 0.538. The minimum atomic E-state index is 0.129. The summed E-state index contributed by atoms with van der Waals surface area (Å²) in [5.41, 5.74) is 1.52. The molecule has 1 aliphatic rings. The van der Waals surface area contributed by atoms with Crippen LogP contribution >= 0.6 is 38.5 Å². The Morgan fingerprint density at radius 2 is 2.31 bits per heavy atom. The number of carbonyl (C=O) groups excluding carboxylic acids is 1. The van der Waals surface area contributed by atoms with E-state index in [4.69, 9.17) is 5.26 Å². The van der Waals surface area contributed by atoms with Gasteiger partial charge in [0.05, 0.1) is 17.3 Å². The molecule has 1 heterocycles. The fourth-order valence-electron chi connectivity index (χ4n) is 1.69. The minimum Gasteiger partial charge on any atom is -0.310 e. The predicted molar refractivity (Wildman–Crippen MR) is 73.6 cm³/mol. The SMILES string of the molecule is N#Cc1ccc(N2CC(Br)CC2=O)c(I)c1. The van der Waals surface area contributed by atoms with Gasteiger partial charge in [-0.15, -0.1) is 0 Å². The number of anilines is 1. The van der Waals surface area contributed by atoms with Crippen LogP contribution in [0, 0.1) is 14.9 Å². The fraction of sp³-hybridized carbons (Fsp3) is 0.273. The van der Waals surface area contributed by atoms with Crippen LogP contribution < -0.4 is 4.90 Å². The second-order valence-electron chi connectivity index (χ2n) is 3.58. The number of amides is 1. The van der Waals surface area contributed by atoms with Crippen LogP contribution in [0.15, 0.2) is 18.2 Å². The van der Waals surface area contributed by atoms with E-state index in [1.807, 2.05) is 6.07 Å². The van der Waals surface area contributed by atoms with E-state index in [1.165, 1.54) is 0 Å². The molecular weight excluding hydrogens is 383 g/mol. The van der Waals surface area contributed by atoms with Crippen molar-refractivity contribution < 1.29 is 4.79 Å². The van der Waals surface area contributed by atoms with Crippen LogP contribution in [0.3, 0.4) is 0 Å². The van der Waals surface area contributed by atoms with Crippen molar-refractivity contribution in [2.45, 2.75) is 11.2 Å². The van der Waals surface area contributed by atoms with Gasteiger partial charge in [-0.05, 0) is 40.8 Å². The summed E-state index contributed by atoms with van der Waals surface area (Å²) >= 11 is 5.61. The van der Waals surface area contributed by atoms with Crippen LogP contribution in [0.5, 0.6) is 0 Å². The Morgan fingerprint density at radius 3 is 2.81 bits per heavy atom. The lowest BCUT2D eigenvalue weighted by atomic mass is 10.2. The number of carbonyl (C=O) groups is 1. The third-order valence-corrected chi connectivity index (χ3v) is 3.92. The van der Waals surface area contributed by atoms with E-state index in [9.17, 15) is 4.79 Å². The highest BCUT2D eigenvalue weighted by atomic mass is 127. The van der Waals surface area contributed by atoms with Gasteiger partial charge >= 0.3 is 0 Å². The third-order valence-electron chi connectivity index (χ3n) is 2.45. The summed E-state index contributed by atoms with van der Waals surface area (Å²) < 4.78 is 0.937. The number of halogens is 2. The predicted octanol–water partition coefficient (Wildman–Crippen LogP) is 2.66. The van der Waals surface area contributed by atoms with E-state index >= 15 is 0 Å². The molecular formula is C11H8BrIN2O. The van der Waals surface area contributed by atoms with Crippen molar-refractivity contribution in [2.24, 2.45) is 0 Å². The molecule has 0 radical (unpaired) electrons. The van der Waals surface area contributed by atoms with Crippen LogP contribution in [0.25, 0.3) is 0 Å². The van der Waals surface area contributed by atoms with Crippen molar-refractivity contribution in [1.82, 2.24) is 0 Å². The van der Waals surface area contributed by atoms with Gasteiger partial charge in [-0.25, -0.2) is 0 Å². The maximum Gasteiger partial charge on any atom is 0.228 e. The number of hydrogen-bond acceptors (Lipinski definition) is 2. The Bertz CT molecular complexity index is 483. The third kappa shape index (κ3) is 2.23. The quantitative estimate of drug-likeness (QED) is 0.546. The highest BCUT2D eigenvalue weighted by Crippen LogP contribution is 2.29. The minimum absolute atomic E-state index is 0.129. The lowest BCUT2D eigenvalue weighted by Gasteiger charge is -2.17. The van der Waals surface area contributed by atoms with Gasteiger partial charge in [0.1, 0.15) is 0 Å². The molecule has 16 heavy (non-hydrogen) atoms. The van der Waals surface area contributed by atoms with Gasteiger partial charge in [0, 0.05) is 21.4 Å². The lowest BCUT2D eigenvalue weighted by molar-refractivity contribution is -0.117. The van der Waals surface area contributed by atoms with E-state index in [2.05, 4.69) is 44.6 Å². The second-order valence-corrected chi connectivity index (χ2v) is 6.04. The maximum atomic E-state index is 11.7. The molecule has 0 aromatic heterocycles. The van der Waals surface area contributed by atoms with Gasteiger partial charge in [-0.2, -0.15) is 5.26 Å².